The maximum Gasteiger partial charge on any atom is 0.133 e. The van der Waals surface area contributed by atoms with Gasteiger partial charge in [-0.2, -0.15) is 0 Å². The molecule has 0 fully saturated rings. The van der Waals surface area contributed by atoms with Crippen molar-refractivity contribution in [3.05, 3.63) is 39.7 Å². The van der Waals surface area contributed by atoms with Gasteiger partial charge in [0.2, 0.25) is 0 Å². The molecular formula is C13H14F2N2S. The molecule has 0 saturated carbocycles. The Labute approximate surface area is 108 Å². The first-order chi connectivity index (χ1) is 8.47. The molecule has 18 heavy (non-hydrogen) atoms. The van der Waals surface area contributed by atoms with Gasteiger partial charge in [-0.25, -0.2) is 13.8 Å². The van der Waals surface area contributed by atoms with Crippen LogP contribution in [0.15, 0.2) is 17.5 Å². The second-order valence-corrected chi connectivity index (χ2v) is 5.33. The Hall–Kier alpha value is -1.33. The lowest BCUT2D eigenvalue weighted by Gasteiger charge is -2.03. The Morgan fingerprint density at radius 2 is 2.06 bits per heavy atom. The SMILES string of the molecule is Cc1cc(F)c(-c2csc(CC(C)N)n2)cc1F. The monoisotopic (exact) mass is 268 g/mol. The molecule has 2 nitrogen and oxygen atoms in total. The van der Waals surface area contributed by atoms with Crippen molar-refractivity contribution in [1.82, 2.24) is 4.98 Å². The summed E-state index contributed by atoms with van der Waals surface area (Å²) in [6.07, 6.45) is 0.640. The van der Waals surface area contributed by atoms with Crippen LogP contribution in [0, 0.1) is 18.6 Å². The molecule has 1 aromatic heterocycles. The minimum Gasteiger partial charge on any atom is -0.328 e. The molecule has 0 saturated heterocycles. The van der Waals surface area contributed by atoms with Crippen LogP contribution in [0.2, 0.25) is 0 Å². The van der Waals surface area contributed by atoms with Gasteiger partial charge in [0.25, 0.3) is 0 Å². The summed E-state index contributed by atoms with van der Waals surface area (Å²) >= 11 is 1.41. The largest absolute Gasteiger partial charge is 0.328 e. The normalized spacial score (nSPS) is 12.7. The lowest BCUT2D eigenvalue weighted by molar-refractivity contribution is 0.595. The van der Waals surface area contributed by atoms with Crippen LogP contribution < -0.4 is 5.73 Å². The van der Waals surface area contributed by atoms with Crippen LogP contribution in [-0.4, -0.2) is 11.0 Å². The average molecular weight is 268 g/mol. The van der Waals surface area contributed by atoms with E-state index in [4.69, 9.17) is 5.73 Å². The van der Waals surface area contributed by atoms with E-state index in [1.165, 1.54) is 30.4 Å². The molecule has 2 rings (SSSR count). The van der Waals surface area contributed by atoms with Gasteiger partial charge in [-0.05, 0) is 31.5 Å². The van der Waals surface area contributed by atoms with Crippen LogP contribution in [0.5, 0.6) is 0 Å². The summed E-state index contributed by atoms with van der Waals surface area (Å²) in [5, 5.41) is 2.56. The molecule has 1 aromatic carbocycles. The predicted molar refractivity (Wildman–Crippen MR) is 69.6 cm³/mol. The summed E-state index contributed by atoms with van der Waals surface area (Å²) in [4.78, 5) is 4.28. The highest BCUT2D eigenvalue weighted by Crippen LogP contribution is 2.27. The van der Waals surface area contributed by atoms with E-state index in [-0.39, 0.29) is 11.6 Å². The Morgan fingerprint density at radius 1 is 1.33 bits per heavy atom. The summed E-state index contributed by atoms with van der Waals surface area (Å²) < 4.78 is 27.2. The highest BCUT2D eigenvalue weighted by molar-refractivity contribution is 7.09. The summed E-state index contributed by atoms with van der Waals surface area (Å²) in [5.74, 6) is -0.875. The first-order valence-corrected chi connectivity index (χ1v) is 6.51. The molecule has 0 aliphatic carbocycles. The molecule has 0 radical (unpaired) electrons. The van der Waals surface area contributed by atoms with Gasteiger partial charge in [-0.15, -0.1) is 11.3 Å². The summed E-state index contributed by atoms with van der Waals surface area (Å²) in [7, 11) is 0. The van der Waals surface area contributed by atoms with Crippen LogP contribution in [0.25, 0.3) is 11.3 Å². The molecule has 96 valence electrons. The van der Waals surface area contributed by atoms with E-state index in [0.29, 0.717) is 17.7 Å². The quantitative estimate of drug-likeness (QED) is 0.927. The second-order valence-electron chi connectivity index (χ2n) is 4.39. The van der Waals surface area contributed by atoms with Crippen molar-refractivity contribution < 1.29 is 8.78 Å². The molecule has 1 heterocycles. The van der Waals surface area contributed by atoms with Gasteiger partial charge in [-0.3, -0.25) is 0 Å². The highest BCUT2D eigenvalue weighted by atomic mass is 32.1. The van der Waals surface area contributed by atoms with E-state index in [1.54, 1.807) is 5.38 Å². The number of aromatic nitrogens is 1. The summed E-state index contributed by atoms with van der Waals surface area (Å²) in [5.41, 5.74) is 6.64. The fraction of sp³-hybridized carbons (Fsp3) is 0.308. The fourth-order valence-corrected chi connectivity index (χ4v) is 2.58. The third-order valence-electron chi connectivity index (χ3n) is 2.57. The van der Waals surface area contributed by atoms with Gasteiger partial charge in [0.15, 0.2) is 0 Å². The van der Waals surface area contributed by atoms with Crippen molar-refractivity contribution in [2.24, 2.45) is 5.73 Å². The zero-order valence-corrected chi connectivity index (χ0v) is 11.0. The Kier molecular flexibility index (Phi) is 3.73. The van der Waals surface area contributed by atoms with Crippen molar-refractivity contribution in [2.75, 3.05) is 0 Å². The molecule has 2 aromatic rings. The van der Waals surface area contributed by atoms with Crippen molar-refractivity contribution >= 4 is 11.3 Å². The Balaban J connectivity index is 2.37. The lowest BCUT2D eigenvalue weighted by atomic mass is 10.1. The maximum absolute atomic E-state index is 13.8. The topological polar surface area (TPSA) is 38.9 Å². The molecule has 0 amide bonds. The Bertz CT molecular complexity index is 564. The van der Waals surface area contributed by atoms with Crippen LogP contribution in [-0.2, 0) is 6.42 Å². The standard InChI is InChI=1S/C13H14F2N2S/c1-7-3-11(15)9(5-10(7)14)12-6-18-13(17-12)4-8(2)16/h3,5-6,8H,4,16H2,1-2H3. The van der Waals surface area contributed by atoms with E-state index in [1.807, 2.05) is 6.92 Å². The lowest BCUT2D eigenvalue weighted by Crippen LogP contribution is -2.17. The molecule has 2 N–H and O–H groups in total. The Morgan fingerprint density at radius 3 is 2.72 bits per heavy atom. The average Bonchev–Trinajstić information content (AvgIpc) is 2.70. The summed E-state index contributed by atoms with van der Waals surface area (Å²) in [6, 6.07) is 2.38. The zero-order valence-electron chi connectivity index (χ0n) is 10.2. The van der Waals surface area contributed by atoms with E-state index >= 15 is 0 Å². The number of halogens is 2. The van der Waals surface area contributed by atoms with Gasteiger partial charge >= 0.3 is 0 Å². The molecule has 5 heteroatoms. The number of aryl methyl sites for hydroxylation is 1. The van der Waals surface area contributed by atoms with Gasteiger partial charge in [-0.1, -0.05) is 0 Å². The molecule has 1 atom stereocenters. The second kappa shape index (κ2) is 5.12. The number of hydrogen-bond donors (Lipinski definition) is 1. The molecule has 0 aliphatic heterocycles. The minimum absolute atomic E-state index is 0.00333. The predicted octanol–water partition coefficient (Wildman–Crippen LogP) is 3.29. The molecular weight excluding hydrogens is 254 g/mol. The number of thiazole rings is 1. The molecule has 0 aliphatic rings. The van der Waals surface area contributed by atoms with Crippen molar-refractivity contribution in [2.45, 2.75) is 26.3 Å². The third kappa shape index (κ3) is 2.73. The number of nitrogens with zero attached hydrogens (tertiary/aromatic N) is 1. The first-order valence-electron chi connectivity index (χ1n) is 5.63. The maximum atomic E-state index is 13.8. The smallest absolute Gasteiger partial charge is 0.133 e. The third-order valence-corrected chi connectivity index (χ3v) is 3.44. The van der Waals surface area contributed by atoms with Crippen LogP contribution in [0.4, 0.5) is 8.78 Å². The van der Waals surface area contributed by atoms with Crippen molar-refractivity contribution in [3.63, 3.8) is 0 Å². The number of rotatable bonds is 3. The first kappa shape index (κ1) is 13.1. The van der Waals surface area contributed by atoms with E-state index in [0.717, 1.165) is 5.01 Å². The molecule has 0 bridgehead atoms. The van der Waals surface area contributed by atoms with Crippen LogP contribution in [0.3, 0.4) is 0 Å². The highest BCUT2D eigenvalue weighted by Gasteiger charge is 2.13. The minimum atomic E-state index is -0.452. The fourth-order valence-electron chi connectivity index (χ4n) is 1.65. The van der Waals surface area contributed by atoms with E-state index in [9.17, 15) is 8.78 Å². The van der Waals surface area contributed by atoms with Gasteiger partial charge < -0.3 is 5.73 Å². The van der Waals surface area contributed by atoms with E-state index < -0.39 is 11.6 Å². The van der Waals surface area contributed by atoms with Gasteiger partial charge in [0, 0.05) is 23.4 Å². The molecule has 1 unspecified atom stereocenters. The van der Waals surface area contributed by atoms with Gasteiger partial charge in [0.05, 0.1) is 10.7 Å². The van der Waals surface area contributed by atoms with Gasteiger partial charge in [0.1, 0.15) is 11.6 Å². The van der Waals surface area contributed by atoms with Crippen LogP contribution >= 0.6 is 11.3 Å². The summed E-state index contributed by atoms with van der Waals surface area (Å²) in [6.45, 7) is 3.41. The van der Waals surface area contributed by atoms with Crippen molar-refractivity contribution in [1.29, 1.82) is 0 Å². The number of nitrogens with two attached hydrogens (primary N) is 1. The number of hydrogen-bond acceptors (Lipinski definition) is 3. The van der Waals surface area contributed by atoms with E-state index in [2.05, 4.69) is 4.98 Å². The van der Waals surface area contributed by atoms with Crippen LogP contribution in [0.1, 0.15) is 17.5 Å². The molecule has 0 spiro atoms. The number of benzene rings is 1. The zero-order chi connectivity index (χ0) is 13.3. The van der Waals surface area contributed by atoms with Crippen molar-refractivity contribution in [3.8, 4) is 11.3 Å².